The maximum absolute atomic E-state index is 12.3. The van der Waals surface area contributed by atoms with Crippen LogP contribution in [0.2, 0.25) is 0 Å². The molecule has 2 aromatic rings. The normalized spacial score (nSPS) is 15.9. The number of aromatic nitrogens is 3. The molecule has 0 radical (unpaired) electrons. The Morgan fingerprint density at radius 2 is 2.10 bits per heavy atom. The fourth-order valence-electron chi connectivity index (χ4n) is 2.18. The minimum absolute atomic E-state index is 0.0120. The number of fused-ring (bicyclic) bond motifs is 1. The molecule has 1 aromatic carbocycles. The average Bonchev–Trinajstić information content (AvgIpc) is 2.74. The summed E-state index contributed by atoms with van der Waals surface area (Å²) in [6.45, 7) is 0. The predicted molar refractivity (Wildman–Crippen MR) is 74.3 cm³/mol. The fourth-order valence-corrected chi connectivity index (χ4v) is 3.18. The molecule has 2 N–H and O–H groups in total. The zero-order valence-electron chi connectivity index (χ0n) is 11.4. The predicted octanol–water partition coefficient (Wildman–Crippen LogP) is 0.0779. The maximum atomic E-state index is 12.3. The SMILES string of the molecule is Cn1nc2cccc(S(=O)(=O)NNC(=O)C3CCC3)c2n1. The largest absolute Gasteiger partial charge is 0.277 e. The number of carbonyl (C=O) groups excluding carboxylic acids is 1. The summed E-state index contributed by atoms with van der Waals surface area (Å²) in [5.74, 6) is -0.392. The molecule has 21 heavy (non-hydrogen) atoms. The summed E-state index contributed by atoms with van der Waals surface area (Å²) < 4.78 is 24.6. The lowest BCUT2D eigenvalue weighted by Gasteiger charge is -2.23. The van der Waals surface area contributed by atoms with Crippen molar-refractivity contribution < 1.29 is 13.2 Å². The highest BCUT2D eigenvalue weighted by Gasteiger charge is 2.27. The Labute approximate surface area is 121 Å². The van der Waals surface area contributed by atoms with E-state index >= 15 is 0 Å². The van der Waals surface area contributed by atoms with E-state index in [2.05, 4.69) is 20.5 Å². The van der Waals surface area contributed by atoms with Gasteiger partial charge in [0, 0.05) is 13.0 Å². The van der Waals surface area contributed by atoms with Gasteiger partial charge in [-0.05, 0) is 25.0 Å². The first kappa shape index (κ1) is 14.0. The second-order valence-electron chi connectivity index (χ2n) is 5.04. The molecule has 9 heteroatoms. The highest BCUT2D eigenvalue weighted by atomic mass is 32.2. The summed E-state index contributed by atoms with van der Waals surface area (Å²) in [4.78, 5) is 15.1. The molecule has 1 aromatic heterocycles. The molecule has 1 aliphatic rings. The maximum Gasteiger partial charge on any atom is 0.259 e. The van der Waals surface area contributed by atoms with Crippen molar-refractivity contribution in [2.45, 2.75) is 24.2 Å². The summed E-state index contributed by atoms with van der Waals surface area (Å²) in [6, 6.07) is 4.68. The summed E-state index contributed by atoms with van der Waals surface area (Å²) in [7, 11) is -2.27. The van der Waals surface area contributed by atoms with Gasteiger partial charge in [0.05, 0.1) is 0 Å². The van der Waals surface area contributed by atoms with E-state index in [1.807, 2.05) is 0 Å². The Morgan fingerprint density at radius 1 is 1.33 bits per heavy atom. The molecule has 1 amide bonds. The Balaban J connectivity index is 1.84. The second kappa shape index (κ2) is 5.08. The summed E-state index contributed by atoms with van der Waals surface area (Å²) in [6.07, 6.45) is 2.60. The zero-order valence-corrected chi connectivity index (χ0v) is 12.2. The molecule has 8 nitrogen and oxygen atoms in total. The zero-order chi connectivity index (χ0) is 15.0. The summed E-state index contributed by atoms with van der Waals surface area (Å²) >= 11 is 0. The van der Waals surface area contributed by atoms with Gasteiger partial charge < -0.3 is 0 Å². The number of hydrazine groups is 1. The molecule has 1 saturated carbocycles. The first-order valence-corrected chi connectivity index (χ1v) is 8.07. The number of nitrogens with one attached hydrogen (secondary N) is 2. The molecule has 0 unspecified atom stereocenters. The van der Waals surface area contributed by atoms with Crippen molar-refractivity contribution in [3.8, 4) is 0 Å². The highest BCUT2D eigenvalue weighted by Crippen LogP contribution is 2.26. The smallest absolute Gasteiger partial charge is 0.259 e. The number of aryl methyl sites for hydroxylation is 1. The lowest BCUT2D eigenvalue weighted by Crippen LogP contribution is -2.45. The van der Waals surface area contributed by atoms with E-state index in [9.17, 15) is 13.2 Å². The Bertz CT molecular complexity index is 794. The number of nitrogens with zero attached hydrogens (tertiary/aromatic N) is 3. The van der Waals surface area contributed by atoms with Crippen molar-refractivity contribution in [2.75, 3.05) is 0 Å². The minimum Gasteiger partial charge on any atom is -0.277 e. The van der Waals surface area contributed by atoms with E-state index in [1.54, 1.807) is 19.2 Å². The van der Waals surface area contributed by atoms with Gasteiger partial charge in [-0.3, -0.25) is 10.2 Å². The second-order valence-corrected chi connectivity index (χ2v) is 6.69. The Hall–Kier alpha value is -2.00. The van der Waals surface area contributed by atoms with E-state index in [4.69, 9.17) is 0 Å². The minimum atomic E-state index is -3.88. The van der Waals surface area contributed by atoms with Gasteiger partial charge in [-0.15, -0.1) is 4.83 Å². The van der Waals surface area contributed by atoms with E-state index in [1.165, 1.54) is 10.9 Å². The first-order valence-electron chi connectivity index (χ1n) is 6.59. The Morgan fingerprint density at radius 3 is 2.76 bits per heavy atom. The van der Waals surface area contributed by atoms with Crippen LogP contribution in [0, 0.1) is 5.92 Å². The third kappa shape index (κ3) is 2.61. The van der Waals surface area contributed by atoms with E-state index in [-0.39, 0.29) is 22.2 Å². The molecule has 0 spiro atoms. The molecule has 0 aliphatic heterocycles. The van der Waals surface area contributed by atoms with E-state index < -0.39 is 10.0 Å². The van der Waals surface area contributed by atoms with Crippen LogP contribution in [-0.2, 0) is 21.9 Å². The lowest BCUT2D eigenvalue weighted by atomic mass is 9.85. The van der Waals surface area contributed by atoms with E-state index in [0.717, 1.165) is 19.3 Å². The van der Waals surface area contributed by atoms with Crippen LogP contribution < -0.4 is 10.3 Å². The molecule has 0 saturated heterocycles. The van der Waals surface area contributed by atoms with Crippen LogP contribution in [0.5, 0.6) is 0 Å². The van der Waals surface area contributed by atoms with Crippen LogP contribution in [0.1, 0.15) is 19.3 Å². The molecular weight excluding hydrogens is 294 g/mol. The van der Waals surface area contributed by atoms with Gasteiger partial charge >= 0.3 is 0 Å². The molecule has 112 valence electrons. The van der Waals surface area contributed by atoms with E-state index in [0.29, 0.717) is 5.52 Å². The summed E-state index contributed by atoms with van der Waals surface area (Å²) in [5, 5.41) is 8.10. The highest BCUT2D eigenvalue weighted by molar-refractivity contribution is 7.89. The van der Waals surface area contributed by atoms with Crippen molar-refractivity contribution in [1.29, 1.82) is 0 Å². The molecular formula is C12H15N5O3S. The molecule has 0 atom stereocenters. The quantitative estimate of drug-likeness (QED) is 0.778. The number of rotatable bonds is 4. The van der Waals surface area contributed by atoms with Gasteiger partial charge in [-0.2, -0.15) is 15.0 Å². The molecule has 0 bridgehead atoms. The van der Waals surface area contributed by atoms with Gasteiger partial charge in [0.15, 0.2) is 0 Å². The van der Waals surface area contributed by atoms with Crippen molar-refractivity contribution in [1.82, 2.24) is 25.3 Å². The van der Waals surface area contributed by atoms with Gasteiger partial charge in [0.1, 0.15) is 15.9 Å². The van der Waals surface area contributed by atoms with Crippen LogP contribution >= 0.6 is 0 Å². The van der Waals surface area contributed by atoms with Gasteiger partial charge in [-0.1, -0.05) is 12.5 Å². The third-order valence-electron chi connectivity index (χ3n) is 3.55. The number of hydrogen-bond donors (Lipinski definition) is 2. The number of sulfonamides is 1. The van der Waals surface area contributed by atoms with Crippen molar-refractivity contribution in [3.05, 3.63) is 18.2 Å². The van der Waals surface area contributed by atoms with Gasteiger partial charge in [-0.25, -0.2) is 8.42 Å². The van der Waals surface area contributed by atoms with Crippen LogP contribution in [-0.4, -0.2) is 29.3 Å². The van der Waals surface area contributed by atoms with Crippen molar-refractivity contribution in [2.24, 2.45) is 13.0 Å². The van der Waals surface area contributed by atoms with Crippen LogP contribution in [0.3, 0.4) is 0 Å². The van der Waals surface area contributed by atoms with Crippen molar-refractivity contribution >= 4 is 27.0 Å². The number of hydrogen-bond acceptors (Lipinski definition) is 5. The molecule has 1 aliphatic carbocycles. The van der Waals surface area contributed by atoms with Crippen LogP contribution in [0.15, 0.2) is 23.1 Å². The molecule has 1 fully saturated rings. The number of carbonyl (C=O) groups is 1. The molecule has 3 rings (SSSR count). The van der Waals surface area contributed by atoms with Gasteiger partial charge in [0.2, 0.25) is 5.91 Å². The Kier molecular flexibility index (Phi) is 3.38. The van der Waals surface area contributed by atoms with Gasteiger partial charge in [0.25, 0.3) is 10.0 Å². The monoisotopic (exact) mass is 309 g/mol. The fraction of sp³-hybridized carbons (Fsp3) is 0.417. The average molecular weight is 309 g/mol. The number of benzene rings is 1. The third-order valence-corrected chi connectivity index (χ3v) is 4.83. The van der Waals surface area contributed by atoms with Crippen LogP contribution in [0.4, 0.5) is 0 Å². The first-order chi connectivity index (χ1) is 9.97. The number of amides is 1. The summed E-state index contributed by atoms with van der Waals surface area (Å²) in [5.41, 5.74) is 3.01. The standard InChI is InChI=1S/C12H15N5O3S/c1-17-14-9-6-3-7-10(11(9)15-17)21(19,20)16-13-12(18)8-4-2-5-8/h3,6-8,16H,2,4-5H2,1H3,(H,13,18). The molecule has 1 heterocycles. The lowest BCUT2D eigenvalue weighted by molar-refractivity contribution is -0.127. The van der Waals surface area contributed by atoms with Crippen molar-refractivity contribution in [3.63, 3.8) is 0 Å². The topological polar surface area (TPSA) is 106 Å². The van der Waals surface area contributed by atoms with Crippen LogP contribution in [0.25, 0.3) is 11.0 Å².